The van der Waals surface area contributed by atoms with Crippen molar-refractivity contribution in [2.45, 2.75) is 32.1 Å². The third-order valence-electron chi connectivity index (χ3n) is 3.76. The van der Waals surface area contributed by atoms with E-state index in [4.69, 9.17) is 0 Å². The molecule has 1 saturated carbocycles. The van der Waals surface area contributed by atoms with Gasteiger partial charge in [0.25, 0.3) is 0 Å². The lowest BCUT2D eigenvalue weighted by atomic mass is 9.75. The molecule has 13 heavy (non-hydrogen) atoms. The molecular weight excluding hydrogens is 158 g/mol. The van der Waals surface area contributed by atoms with Crippen molar-refractivity contribution in [1.29, 1.82) is 0 Å². The van der Waals surface area contributed by atoms with Gasteiger partial charge >= 0.3 is 0 Å². The summed E-state index contributed by atoms with van der Waals surface area (Å²) >= 11 is 0. The fraction of sp³-hybridized carbons (Fsp3) is 0.833. The Morgan fingerprint density at radius 1 is 1.15 bits per heavy atom. The first-order chi connectivity index (χ1) is 6.40. The Morgan fingerprint density at radius 2 is 1.92 bits per heavy atom. The molecule has 0 N–H and O–H groups in total. The molecule has 0 aromatic carbocycles. The number of fused-ring (bicyclic) bond motifs is 1. The summed E-state index contributed by atoms with van der Waals surface area (Å²) in [6, 6.07) is 0. The predicted molar refractivity (Wildman–Crippen MR) is 56.7 cm³/mol. The van der Waals surface area contributed by atoms with Crippen molar-refractivity contribution in [2.24, 2.45) is 11.8 Å². The van der Waals surface area contributed by atoms with E-state index in [1.54, 1.807) is 0 Å². The van der Waals surface area contributed by atoms with E-state index in [1.807, 2.05) is 6.08 Å². The van der Waals surface area contributed by atoms with Gasteiger partial charge in [0.15, 0.2) is 0 Å². The van der Waals surface area contributed by atoms with Gasteiger partial charge in [0, 0.05) is 13.1 Å². The molecule has 74 valence electrons. The van der Waals surface area contributed by atoms with Gasteiger partial charge < -0.3 is 0 Å². The first-order valence-electron chi connectivity index (χ1n) is 5.73. The molecule has 1 aliphatic heterocycles. The summed E-state index contributed by atoms with van der Waals surface area (Å²) in [6.45, 7) is 7.57. The van der Waals surface area contributed by atoms with Gasteiger partial charge in [0.05, 0.1) is 0 Å². The van der Waals surface area contributed by atoms with Crippen LogP contribution in [0.25, 0.3) is 0 Å². The van der Waals surface area contributed by atoms with Crippen LogP contribution in [0.2, 0.25) is 0 Å². The molecule has 2 atom stereocenters. The molecule has 0 aromatic heterocycles. The van der Waals surface area contributed by atoms with Crippen LogP contribution in [0, 0.1) is 11.8 Å². The van der Waals surface area contributed by atoms with Gasteiger partial charge in [-0.05, 0) is 31.2 Å². The van der Waals surface area contributed by atoms with Crippen LogP contribution in [0.3, 0.4) is 0 Å². The van der Waals surface area contributed by atoms with E-state index >= 15 is 0 Å². The number of rotatable bonds is 2. The number of piperidine rings is 1. The van der Waals surface area contributed by atoms with Crippen molar-refractivity contribution in [3.63, 3.8) is 0 Å². The number of likely N-dealkylation sites (tertiary alicyclic amines) is 1. The Balaban J connectivity index is 1.87. The molecule has 2 rings (SSSR count). The molecule has 1 nitrogen and oxygen atoms in total. The Hall–Kier alpha value is -0.300. The van der Waals surface area contributed by atoms with Crippen LogP contribution < -0.4 is 0 Å². The zero-order chi connectivity index (χ0) is 9.10. The van der Waals surface area contributed by atoms with Crippen molar-refractivity contribution in [1.82, 2.24) is 4.90 Å². The summed E-state index contributed by atoms with van der Waals surface area (Å²) in [5.74, 6) is 2.08. The van der Waals surface area contributed by atoms with E-state index in [-0.39, 0.29) is 0 Å². The highest BCUT2D eigenvalue weighted by atomic mass is 15.1. The van der Waals surface area contributed by atoms with Crippen LogP contribution in [-0.4, -0.2) is 24.5 Å². The van der Waals surface area contributed by atoms with Crippen LogP contribution in [0.15, 0.2) is 12.7 Å². The van der Waals surface area contributed by atoms with Crippen LogP contribution in [0.4, 0.5) is 0 Å². The minimum Gasteiger partial charge on any atom is -0.299 e. The highest BCUT2D eigenvalue weighted by molar-refractivity contribution is 4.85. The lowest BCUT2D eigenvalue weighted by molar-refractivity contribution is 0.0952. The van der Waals surface area contributed by atoms with E-state index < -0.39 is 0 Å². The fourth-order valence-corrected chi connectivity index (χ4v) is 3.02. The Labute approximate surface area is 81.8 Å². The SMILES string of the molecule is C=CCN1CCC2CCCCC2C1. The number of hydrogen-bond donors (Lipinski definition) is 0. The first kappa shape index (κ1) is 9.26. The van der Waals surface area contributed by atoms with E-state index in [1.165, 1.54) is 45.2 Å². The lowest BCUT2D eigenvalue weighted by Gasteiger charge is -2.40. The monoisotopic (exact) mass is 179 g/mol. The molecule has 1 saturated heterocycles. The van der Waals surface area contributed by atoms with Crippen molar-refractivity contribution < 1.29 is 0 Å². The molecule has 2 fully saturated rings. The predicted octanol–water partition coefficient (Wildman–Crippen LogP) is 2.68. The van der Waals surface area contributed by atoms with Crippen molar-refractivity contribution in [2.75, 3.05) is 19.6 Å². The largest absolute Gasteiger partial charge is 0.299 e. The molecule has 0 amide bonds. The molecular formula is C12H21N. The molecule has 0 aromatic rings. The maximum Gasteiger partial charge on any atom is 0.0160 e. The minimum atomic E-state index is 1.02. The molecule has 1 heteroatoms. The second-order valence-electron chi connectivity index (χ2n) is 4.64. The van der Waals surface area contributed by atoms with Crippen LogP contribution in [0.1, 0.15) is 32.1 Å². The van der Waals surface area contributed by atoms with Crippen molar-refractivity contribution in [3.05, 3.63) is 12.7 Å². The zero-order valence-electron chi connectivity index (χ0n) is 8.54. The quantitative estimate of drug-likeness (QED) is 0.589. The smallest absolute Gasteiger partial charge is 0.0160 e. The topological polar surface area (TPSA) is 3.24 Å². The van der Waals surface area contributed by atoms with Gasteiger partial charge in [0.1, 0.15) is 0 Å². The van der Waals surface area contributed by atoms with E-state index in [0.717, 1.165) is 18.4 Å². The maximum absolute atomic E-state index is 3.82. The summed E-state index contributed by atoms with van der Waals surface area (Å²) in [7, 11) is 0. The third-order valence-corrected chi connectivity index (χ3v) is 3.76. The normalized spacial score (nSPS) is 35.4. The van der Waals surface area contributed by atoms with Gasteiger partial charge in [-0.2, -0.15) is 0 Å². The summed E-state index contributed by atoms with van der Waals surface area (Å²) < 4.78 is 0. The molecule has 1 aliphatic carbocycles. The van der Waals surface area contributed by atoms with E-state index in [2.05, 4.69) is 11.5 Å². The van der Waals surface area contributed by atoms with Crippen molar-refractivity contribution in [3.8, 4) is 0 Å². The molecule has 0 spiro atoms. The Kier molecular flexibility index (Phi) is 3.05. The standard InChI is InChI=1S/C12H21N/c1-2-8-13-9-7-11-5-3-4-6-12(11)10-13/h2,11-12H,1,3-10H2. The van der Waals surface area contributed by atoms with Gasteiger partial charge in [-0.3, -0.25) is 4.90 Å². The molecule has 2 aliphatic rings. The lowest BCUT2D eigenvalue weighted by Crippen LogP contribution is -2.41. The second kappa shape index (κ2) is 4.28. The maximum atomic E-state index is 3.82. The molecule has 1 heterocycles. The first-order valence-corrected chi connectivity index (χ1v) is 5.73. The fourth-order valence-electron chi connectivity index (χ4n) is 3.02. The highest BCUT2D eigenvalue weighted by Gasteiger charge is 2.30. The van der Waals surface area contributed by atoms with Gasteiger partial charge in [-0.1, -0.05) is 25.3 Å². The summed E-state index contributed by atoms with van der Waals surface area (Å²) in [4.78, 5) is 2.57. The van der Waals surface area contributed by atoms with Gasteiger partial charge in [-0.25, -0.2) is 0 Å². The summed E-state index contributed by atoms with van der Waals surface area (Å²) in [5.41, 5.74) is 0. The molecule has 2 unspecified atom stereocenters. The van der Waals surface area contributed by atoms with Crippen LogP contribution in [-0.2, 0) is 0 Å². The average Bonchev–Trinajstić information content (AvgIpc) is 2.18. The summed E-state index contributed by atoms with van der Waals surface area (Å²) in [5, 5.41) is 0. The average molecular weight is 179 g/mol. The second-order valence-corrected chi connectivity index (χ2v) is 4.64. The molecule has 0 bridgehead atoms. The van der Waals surface area contributed by atoms with E-state index in [9.17, 15) is 0 Å². The van der Waals surface area contributed by atoms with Gasteiger partial charge in [-0.15, -0.1) is 6.58 Å². The Morgan fingerprint density at radius 3 is 2.69 bits per heavy atom. The summed E-state index contributed by atoms with van der Waals surface area (Å²) in [6.07, 6.45) is 9.44. The highest BCUT2D eigenvalue weighted by Crippen LogP contribution is 2.35. The van der Waals surface area contributed by atoms with Crippen LogP contribution in [0.5, 0.6) is 0 Å². The third kappa shape index (κ3) is 2.14. The van der Waals surface area contributed by atoms with Crippen LogP contribution >= 0.6 is 0 Å². The van der Waals surface area contributed by atoms with Gasteiger partial charge in [0.2, 0.25) is 0 Å². The number of nitrogens with zero attached hydrogens (tertiary/aromatic N) is 1. The van der Waals surface area contributed by atoms with Crippen molar-refractivity contribution >= 4 is 0 Å². The Bertz CT molecular complexity index is 176. The number of hydrogen-bond acceptors (Lipinski definition) is 1. The molecule has 0 radical (unpaired) electrons. The van der Waals surface area contributed by atoms with E-state index in [0.29, 0.717) is 0 Å². The zero-order valence-corrected chi connectivity index (χ0v) is 8.54. The minimum absolute atomic E-state index is 1.02.